The van der Waals surface area contributed by atoms with E-state index in [-0.39, 0.29) is 6.04 Å². The first-order valence-electron chi connectivity index (χ1n) is 6.92. The monoisotopic (exact) mass is 254 g/mol. The number of nitrogens with two attached hydrogens (primary N) is 1. The Bertz CT molecular complexity index is 335. The summed E-state index contributed by atoms with van der Waals surface area (Å²) in [7, 11) is 0. The van der Waals surface area contributed by atoms with Gasteiger partial charge in [0.2, 0.25) is 5.89 Å². The van der Waals surface area contributed by atoms with Crippen molar-refractivity contribution in [2.75, 3.05) is 19.6 Å². The van der Waals surface area contributed by atoms with Crippen molar-refractivity contribution < 1.29 is 4.52 Å². The molecule has 0 spiro atoms. The molecule has 0 amide bonds. The Hall–Kier alpha value is -0.940. The van der Waals surface area contributed by atoms with Gasteiger partial charge < -0.3 is 15.2 Å². The maximum Gasteiger partial charge on any atom is 0.243 e. The molecular formula is C13H26N4O. The summed E-state index contributed by atoms with van der Waals surface area (Å²) in [5.74, 6) is 1.69. The first-order valence-corrected chi connectivity index (χ1v) is 6.92. The third kappa shape index (κ3) is 4.07. The summed E-state index contributed by atoms with van der Waals surface area (Å²) in [5, 5.41) is 4.00. The van der Waals surface area contributed by atoms with E-state index < -0.39 is 0 Å². The molecule has 0 radical (unpaired) electrons. The fourth-order valence-corrected chi connectivity index (χ4v) is 1.80. The van der Waals surface area contributed by atoms with Gasteiger partial charge in [-0.2, -0.15) is 4.98 Å². The van der Waals surface area contributed by atoms with Gasteiger partial charge in [-0.05, 0) is 19.0 Å². The van der Waals surface area contributed by atoms with Crippen molar-refractivity contribution in [2.24, 2.45) is 11.7 Å². The summed E-state index contributed by atoms with van der Waals surface area (Å²) in [6.07, 6.45) is 1.83. The van der Waals surface area contributed by atoms with Crippen LogP contribution in [0.15, 0.2) is 4.52 Å². The van der Waals surface area contributed by atoms with Gasteiger partial charge in [0.25, 0.3) is 0 Å². The molecule has 0 saturated carbocycles. The van der Waals surface area contributed by atoms with Crippen LogP contribution in [0, 0.1) is 5.92 Å². The number of likely N-dealkylation sites (N-methyl/N-ethyl adjacent to an activating group) is 1. The van der Waals surface area contributed by atoms with Gasteiger partial charge in [-0.3, -0.25) is 0 Å². The van der Waals surface area contributed by atoms with Crippen molar-refractivity contribution in [3.63, 3.8) is 0 Å². The fourth-order valence-electron chi connectivity index (χ4n) is 1.80. The van der Waals surface area contributed by atoms with Gasteiger partial charge in [0, 0.05) is 13.0 Å². The molecule has 0 aliphatic rings. The van der Waals surface area contributed by atoms with Crippen LogP contribution in [0.4, 0.5) is 0 Å². The number of hydrogen-bond donors (Lipinski definition) is 1. The molecule has 5 heteroatoms. The standard InChI is InChI=1S/C13H26N4O/c1-5-10(4)12(14)13-15-11(16-18-13)8-9-17(6-2)7-3/h10,12H,5-9,14H2,1-4H3/t10?,12-/m0/s1. The van der Waals surface area contributed by atoms with E-state index in [1.165, 1.54) is 0 Å². The second-order valence-electron chi connectivity index (χ2n) is 4.74. The van der Waals surface area contributed by atoms with E-state index in [1.54, 1.807) is 0 Å². The highest BCUT2D eigenvalue weighted by atomic mass is 16.5. The van der Waals surface area contributed by atoms with Crippen LogP contribution in [-0.2, 0) is 6.42 Å². The summed E-state index contributed by atoms with van der Waals surface area (Å²) < 4.78 is 5.24. The van der Waals surface area contributed by atoms with E-state index in [1.807, 2.05) is 0 Å². The summed E-state index contributed by atoms with van der Waals surface area (Å²) in [4.78, 5) is 6.73. The van der Waals surface area contributed by atoms with Crippen molar-refractivity contribution in [1.82, 2.24) is 15.0 Å². The zero-order valence-electron chi connectivity index (χ0n) is 12.0. The maximum atomic E-state index is 6.06. The minimum absolute atomic E-state index is 0.148. The Morgan fingerprint density at radius 1 is 1.28 bits per heavy atom. The van der Waals surface area contributed by atoms with Crippen molar-refractivity contribution in [3.8, 4) is 0 Å². The van der Waals surface area contributed by atoms with Gasteiger partial charge in [0.15, 0.2) is 5.82 Å². The molecule has 0 saturated heterocycles. The van der Waals surface area contributed by atoms with Crippen molar-refractivity contribution in [1.29, 1.82) is 0 Å². The molecule has 1 aromatic rings. The van der Waals surface area contributed by atoms with Gasteiger partial charge in [-0.15, -0.1) is 0 Å². The highest BCUT2D eigenvalue weighted by Gasteiger charge is 2.19. The lowest BCUT2D eigenvalue weighted by atomic mass is 10.0. The smallest absolute Gasteiger partial charge is 0.243 e. The molecule has 1 heterocycles. The van der Waals surface area contributed by atoms with E-state index in [9.17, 15) is 0 Å². The van der Waals surface area contributed by atoms with Crippen molar-refractivity contribution >= 4 is 0 Å². The quantitative estimate of drug-likeness (QED) is 0.768. The Kier molecular flexibility index (Phi) is 6.29. The Morgan fingerprint density at radius 2 is 1.94 bits per heavy atom. The molecule has 0 aromatic carbocycles. The molecule has 1 rings (SSSR count). The summed E-state index contributed by atoms with van der Waals surface area (Å²) >= 11 is 0. The third-order valence-electron chi connectivity index (χ3n) is 3.57. The van der Waals surface area contributed by atoms with Gasteiger partial charge in [0.05, 0.1) is 6.04 Å². The van der Waals surface area contributed by atoms with Gasteiger partial charge >= 0.3 is 0 Å². The normalized spacial score (nSPS) is 15.0. The van der Waals surface area contributed by atoms with Gasteiger partial charge in [0.1, 0.15) is 0 Å². The molecule has 1 unspecified atom stereocenters. The number of hydrogen-bond acceptors (Lipinski definition) is 5. The van der Waals surface area contributed by atoms with Crippen molar-refractivity contribution in [2.45, 2.75) is 46.6 Å². The third-order valence-corrected chi connectivity index (χ3v) is 3.57. The number of nitrogens with zero attached hydrogens (tertiary/aromatic N) is 3. The molecule has 0 bridgehead atoms. The largest absolute Gasteiger partial charge is 0.338 e. The van der Waals surface area contributed by atoms with E-state index in [0.717, 1.165) is 38.3 Å². The highest BCUT2D eigenvalue weighted by molar-refractivity contribution is 4.94. The summed E-state index contributed by atoms with van der Waals surface area (Å²) in [6, 6.07) is -0.148. The minimum atomic E-state index is -0.148. The van der Waals surface area contributed by atoms with Crippen LogP contribution in [0.2, 0.25) is 0 Å². The van der Waals surface area contributed by atoms with Crippen LogP contribution in [0.5, 0.6) is 0 Å². The van der Waals surface area contributed by atoms with Crippen LogP contribution in [0.25, 0.3) is 0 Å². The average molecular weight is 254 g/mol. The second-order valence-corrected chi connectivity index (χ2v) is 4.74. The molecule has 18 heavy (non-hydrogen) atoms. The van der Waals surface area contributed by atoms with Gasteiger partial charge in [-0.25, -0.2) is 0 Å². The molecule has 0 aliphatic carbocycles. The van der Waals surface area contributed by atoms with Crippen LogP contribution in [-0.4, -0.2) is 34.7 Å². The predicted molar refractivity (Wildman–Crippen MR) is 72.2 cm³/mol. The minimum Gasteiger partial charge on any atom is -0.338 e. The van der Waals surface area contributed by atoms with Crippen LogP contribution >= 0.6 is 0 Å². The molecule has 104 valence electrons. The Balaban J connectivity index is 2.52. The predicted octanol–water partition coefficient (Wildman–Crippen LogP) is 2.00. The average Bonchev–Trinajstić information content (AvgIpc) is 2.87. The first kappa shape index (κ1) is 15.1. The van der Waals surface area contributed by atoms with Gasteiger partial charge in [-0.1, -0.05) is 39.3 Å². The number of rotatable bonds is 8. The summed E-state index contributed by atoms with van der Waals surface area (Å²) in [6.45, 7) is 11.6. The highest BCUT2D eigenvalue weighted by Crippen LogP contribution is 2.20. The Morgan fingerprint density at radius 3 is 2.50 bits per heavy atom. The van der Waals surface area contributed by atoms with E-state index in [4.69, 9.17) is 10.3 Å². The molecular weight excluding hydrogens is 228 g/mol. The van der Waals surface area contributed by atoms with Crippen molar-refractivity contribution in [3.05, 3.63) is 11.7 Å². The zero-order valence-corrected chi connectivity index (χ0v) is 12.0. The molecule has 2 atom stereocenters. The lowest BCUT2D eigenvalue weighted by Gasteiger charge is -2.16. The molecule has 0 fully saturated rings. The zero-order chi connectivity index (χ0) is 13.5. The van der Waals surface area contributed by atoms with Crippen LogP contribution in [0.3, 0.4) is 0 Å². The lowest BCUT2D eigenvalue weighted by Crippen LogP contribution is -2.25. The van der Waals surface area contributed by atoms with E-state index in [2.05, 4.69) is 42.7 Å². The van der Waals surface area contributed by atoms with Crippen LogP contribution in [0.1, 0.15) is 51.9 Å². The topological polar surface area (TPSA) is 68.2 Å². The molecule has 1 aromatic heterocycles. The molecule has 2 N–H and O–H groups in total. The number of aromatic nitrogens is 2. The fraction of sp³-hybridized carbons (Fsp3) is 0.846. The lowest BCUT2D eigenvalue weighted by molar-refractivity contribution is 0.297. The SMILES string of the molecule is CCC(C)[C@H](N)c1nc(CCN(CC)CC)no1. The first-order chi connectivity index (χ1) is 8.62. The van der Waals surface area contributed by atoms with Crippen LogP contribution < -0.4 is 5.73 Å². The van der Waals surface area contributed by atoms with E-state index in [0.29, 0.717) is 11.8 Å². The summed E-state index contributed by atoms with van der Waals surface area (Å²) in [5.41, 5.74) is 6.06. The van der Waals surface area contributed by atoms with E-state index >= 15 is 0 Å². The second kappa shape index (κ2) is 7.48. The maximum absolute atomic E-state index is 6.06. The molecule has 5 nitrogen and oxygen atoms in total. The Labute approximate surface area is 110 Å². The molecule has 0 aliphatic heterocycles.